The van der Waals surface area contributed by atoms with Crippen LogP contribution in [0.3, 0.4) is 0 Å². The average Bonchev–Trinajstić information content (AvgIpc) is 3.25. The molecule has 2 atom stereocenters. The van der Waals surface area contributed by atoms with Crippen molar-refractivity contribution >= 4 is 11.7 Å². The van der Waals surface area contributed by atoms with Gasteiger partial charge in [-0.2, -0.15) is 18.3 Å². The average molecular weight is 476 g/mol. The zero-order valence-electron chi connectivity index (χ0n) is 19.4. The van der Waals surface area contributed by atoms with Gasteiger partial charge in [0.1, 0.15) is 0 Å². The number of halogens is 3. The number of nitrogens with one attached hydrogen (secondary N) is 1. The van der Waals surface area contributed by atoms with Crippen LogP contribution in [-0.4, -0.2) is 82.3 Å². The highest BCUT2D eigenvalue weighted by molar-refractivity contribution is 6.06. The number of hydrogen-bond donors (Lipinski definition) is 1. The molecule has 8 nitrogen and oxygen atoms in total. The Balaban J connectivity index is 1.50. The number of carbonyl (C=O) groups excluding carboxylic acids is 1. The number of urea groups is 1. The van der Waals surface area contributed by atoms with Crippen molar-refractivity contribution in [3.05, 3.63) is 59.2 Å². The van der Waals surface area contributed by atoms with Gasteiger partial charge in [-0.3, -0.25) is 4.90 Å². The minimum Gasteiger partial charge on any atom is -0.330 e. The second kappa shape index (κ2) is 9.67. The topological polar surface area (TPSA) is 77.0 Å². The van der Waals surface area contributed by atoms with Crippen LogP contribution < -0.4 is 5.32 Å². The first kappa shape index (κ1) is 24.1. The zero-order valence-corrected chi connectivity index (χ0v) is 19.4. The van der Waals surface area contributed by atoms with Gasteiger partial charge >= 0.3 is 12.2 Å². The summed E-state index contributed by atoms with van der Waals surface area (Å²) in [6, 6.07) is 7.03. The van der Waals surface area contributed by atoms with E-state index in [4.69, 9.17) is 0 Å². The van der Waals surface area contributed by atoms with E-state index in [0.717, 1.165) is 55.4 Å². The number of hydrogen-bond acceptors (Lipinski definition) is 6. The molecule has 0 unspecified atom stereocenters. The highest BCUT2D eigenvalue weighted by Gasteiger charge is 2.37. The van der Waals surface area contributed by atoms with Gasteiger partial charge in [0.25, 0.3) is 0 Å². The summed E-state index contributed by atoms with van der Waals surface area (Å²) >= 11 is 0. The molecule has 1 aromatic heterocycles. The van der Waals surface area contributed by atoms with E-state index in [1.165, 1.54) is 5.01 Å². The summed E-state index contributed by atoms with van der Waals surface area (Å²) in [5.41, 5.74) is 3.32. The van der Waals surface area contributed by atoms with E-state index in [0.29, 0.717) is 12.1 Å². The maximum absolute atomic E-state index is 13.0. The number of amides is 2. The molecule has 1 fully saturated rings. The summed E-state index contributed by atoms with van der Waals surface area (Å²) in [6.45, 7) is 7.72. The lowest BCUT2D eigenvalue weighted by Crippen LogP contribution is -2.53. The number of hydrazone groups is 1. The van der Waals surface area contributed by atoms with Crippen molar-refractivity contribution < 1.29 is 18.0 Å². The summed E-state index contributed by atoms with van der Waals surface area (Å²) < 4.78 is 38.2. The van der Waals surface area contributed by atoms with Gasteiger partial charge in [0.05, 0.1) is 24.3 Å². The molecule has 1 saturated heterocycles. The number of likely N-dealkylation sites (N-methyl/N-ethyl adjacent to an activating group) is 1. The highest BCUT2D eigenvalue weighted by Crippen LogP contribution is 2.26. The number of aromatic nitrogens is 2. The predicted molar refractivity (Wildman–Crippen MR) is 121 cm³/mol. The third-order valence-electron chi connectivity index (χ3n) is 6.22. The largest absolute Gasteiger partial charge is 0.451 e. The van der Waals surface area contributed by atoms with E-state index in [9.17, 15) is 18.0 Å². The predicted octanol–water partition coefficient (Wildman–Crippen LogP) is 2.91. The van der Waals surface area contributed by atoms with Crippen LogP contribution in [0.15, 0.2) is 41.8 Å². The van der Waals surface area contributed by atoms with Crippen LogP contribution in [0.1, 0.15) is 35.5 Å². The number of aryl methyl sites for hydroxylation is 1. The first-order chi connectivity index (χ1) is 16.1. The molecule has 0 spiro atoms. The van der Waals surface area contributed by atoms with Crippen LogP contribution in [-0.2, 0) is 6.18 Å². The second-order valence-corrected chi connectivity index (χ2v) is 8.80. The Kier molecular flexibility index (Phi) is 6.85. The molecule has 0 radical (unpaired) electrons. The van der Waals surface area contributed by atoms with E-state index in [1.807, 2.05) is 31.2 Å². The van der Waals surface area contributed by atoms with Gasteiger partial charge in [-0.25, -0.2) is 19.8 Å². The number of nitrogens with zero attached hydrogens (tertiary/aromatic N) is 6. The molecule has 2 amide bonds. The number of rotatable bonds is 4. The fourth-order valence-corrected chi connectivity index (χ4v) is 4.06. The van der Waals surface area contributed by atoms with Gasteiger partial charge in [0, 0.05) is 44.1 Å². The van der Waals surface area contributed by atoms with Crippen molar-refractivity contribution in [3.63, 3.8) is 0 Å². The van der Waals surface area contributed by atoms with Crippen LogP contribution in [0, 0.1) is 6.92 Å². The Bertz CT molecular complexity index is 1030. The summed E-state index contributed by atoms with van der Waals surface area (Å²) in [6.07, 6.45) is -2.45. The fraction of sp³-hybridized carbons (Fsp3) is 0.478. The molecular weight excluding hydrogens is 447 g/mol. The Labute approximate surface area is 196 Å². The number of benzene rings is 1. The summed E-state index contributed by atoms with van der Waals surface area (Å²) in [5, 5.41) is 8.86. The van der Waals surface area contributed by atoms with Crippen molar-refractivity contribution in [1.29, 1.82) is 0 Å². The van der Waals surface area contributed by atoms with Crippen LogP contribution in [0.2, 0.25) is 0 Å². The second-order valence-electron chi connectivity index (χ2n) is 8.80. The van der Waals surface area contributed by atoms with E-state index in [2.05, 4.69) is 37.2 Å². The van der Waals surface area contributed by atoms with E-state index >= 15 is 0 Å². The number of piperazine rings is 1. The molecule has 1 aromatic carbocycles. The first-order valence-corrected chi connectivity index (χ1v) is 11.2. The summed E-state index contributed by atoms with van der Waals surface area (Å²) in [7, 11) is 2.09. The van der Waals surface area contributed by atoms with Crippen LogP contribution in [0.5, 0.6) is 0 Å². The van der Waals surface area contributed by atoms with Gasteiger partial charge in [0.2, 0.25) is 5.82 Å². The van der Waals surface area contributed by atoms with Gasteiger partial charge in [0.15, 0.2) is 0 Å². The van der Waals surface area contributed by atoms with Crippen molar-refractivity contribution in [2.75, 3.05) is 39.8 Å². The minimum absolute atomic E-state index is 0.0353. The SMILES string of the molecule is Cc1ccc(C2=NN(C(=O)N[C@H](C)c3cnc(C(F)(F)F)nc3)C[C@@H]2N2CCN(C)CC2)cc1. The highest BCUT2D eigenvalue weighted by atomic mass is 19.4. The molecule has 0 aliphatic carbocycles. The molecule has 34 heavy (non-hydrogen) atoms. The molecule has 3 heterocycles. The molecule has 0 bridgehead atoms. The molecule has 11 heteroatoms. The fourth-order valence-electron chi connectivity index (χ4n) is 4.06. The molecule has 1 N–H and O–H groups in total. The van der Waals surface area contributed by atoms with Crippen molar-refractivity contribution in [2.24, 2.45) is 5.10 Å². The lowest BCUT2D eigenvalue weighted by molar-refractivity contribution is -0.145. The van der Waals surface area contributed by atoms with Crippen LogP contribution in [0.25, 0.3) is 0 Å². The van der Waals surface area contributed by atoms with Gasteiger partial charge in [-0.1, -0.05) is 29.8 Å². The molecule has 2 aliphatic heterocycles. The first-order valence-electron chi connectivity index (χ1n) is 11.2. The quantitative estimate of drug-likeness (QED) is 0.736. The Morgan fingerprint density at radius 2 is 1.71 bits per heavy atom. The molecule has 2 aromatic rings. The van der Waals surface area contributed by atoms with Gasteiger partial charge in [-0.05, 0) is 26.5 Å². The third-order valence-corrected chi connectivity index (χ3v) is 6.22. The van der Waals surface area contributed by atoms with Gasteiger partial charge in [-0.15, -0.1) is 0 Å². The van der Waals surface area contributed by atoms with Crippen molar-refractivity contribution in [3.8, 4) is 0 Å². The molecule has 2 aliphatic rings. The van der Waals surface area contributed by atoms with Crippen molar-refractivity contribution in [2.45, 2.75) is 32.1 Å². The Morgan fingerprint density at radius 1 is 1.09 bits per heavy atom. The van der Waals surface area contributed by atoms with E-state index in [1.54, 1.807) is 6.92 Å². The van der Waals surface area contributed by atoms with Crippen LogP contribution >= 0.6 is 0 Å². The lowest BCUT2D eigenvalue weighted by atomic mass is 10.0. The maximum Gasteiger partial charge on any atom is 0.451 e. The van der Waals surface area contributed by atoms with Crippen LogP contribution in [0.4, 0.5) is 18.0 Å². The van der Waals surface area contributed by atoms with E-state index < -0.39 is 24.1 Å². The van der Waals surface area contributed by atoms with Crippen molar-refractivity contribution in [1.82, 2.24) is 30.1 Å². The standard InChI is InChI=1S/C23H28F3N7O/c1-15-4-6-17(7-5-15)20-19(32-10-8-31(3)9-11-32)14-33(30-20)22(34)29-16(2)18-12-27-21(28-13-18)23(24,25)26/h4-7,12-13,16,19H,8-11,14H2,1-3H3,(H,29,34)/t16-,19+/m1/s1. The third kappa shape index (κ3) is 5.36. The van der Waals surface area contributed by atoms with E-state index in [-0.39, 0.29) is 6.04 Å². The molecule has 0 saturated carbocycles. The summed E-state index contributed by atoms with van der Waals surface area (Å²) in [5.74, 6) is -1.21. The number of carbonyl (C=O) groups is 1. The molecule has 4 rings (SSSR count). The monoisotopic (exact) mass is 475 g/mol. The summed E-state index contributed by atoms with van der Waals surface area (Å²) in [4.78, 5) is 24.4. The van der Waals surface area contributed by atoms with Gasteiger partial charge < -0.3 is 10.2 Å². The lowest BCUT2D eigenvalue weighted by Gasteiger charge is -2.36. The zero-order chi connectivity index (χ0) is 24.5. The minimum atomic E-state index is -4.61. The number of alkyl halides is 3. The molecular formula is C23H28F3N7O. The molecule has 182 valence electrons. The smallest absolute Gasteiger partial charge is 0.330 e. The maximum atomic E-state index is 13.0. The Hall–Kier alpha value is -3.05. The normalized spacial score (nSPS) is 20.8. The Morgan fingerprint density at radius 3 is 2.29 bits per heavy atom.